The molecule has 0 N–H and O–H groups in total. The number of nitrogens with zero attached hydrogens (tertiary/aromatic N) is 6. The quantitative estimate of drug-likeness (QED) is 0.813. The first kappa shape index (κ1) is 17.7. The van der Waals surface area contributed by atoms with Gasteiger partial charge in [-0.05, 0) is 19.2 Å². The minimum Gasteiger partial charge on any atom is -0.368 e. The minimum absolute atomic E-state index is 0.0276. The number of amides is 1. The number of carbonyl (C=O) groups excluding carboxylic acids is 1. The molecule has 142 valence electrons. The van der Waals surface area contributed by atoms with Gasteiger partial charge in [0, 0.05) is 58.0 Å². The molecule has 0 spiro atoms. The Morgan fingerprint density at radius 3 is 2.11 bits per heavy atom. The van der Waals surface area contributed by atoms with Gasteiger partial charge in [-0.25, -0.2) is 9.97 Å². The van der Waals surface area contributed by atoms with Crippen LogP contribution in [-0.4, -0.2) is 85.1 Å². The second-order valence-electron chi connectivity index (χ2n) is 7.16. The Morgan fingerprint density at radius 1 is 0.815 bits per heavy atom. The van der Waals surface area contributed by atoms with E-state index in [9.17, 15) is 4.79 Å². The molecule has 2 aliphatic rings. The zero-order valence-electron chi connectivity index (χ0n) is 15.8. The highest BCUT2D eigenvalue weighted by Crippen LogP contribution is 2.17. The standard InChI is InChI=1S/C20H26N6O/c1-23-7-9-25(10-8-23)19-16-21-18(15-22-19)20(27)26-13-11-24(12-14-26)17-5-3-2-4-6-17/h2-6,15-16H,7-14H2,1H3. The predicted octanol–water partition coefficient (Wildman–Crippen LogP) is 1.19. The lowest BCUT2D eigenvalue weighted by Crippen LogP contribution is -2.49. The lowest BCUT2D eigenvalue weighted by molar-refractivity contribution is 0.0740. The number of aromatic nitrogens is 2. The van der Waals surface area contributed by atoms with E-state index in [0.29, 0.717) is 18.8 Å². The summed E-state index contributed by atoms with van der Waals surface area (Å²) in [6, 6.07) is 10.3. The van der Waals surface area contributed by atoms with Crippen LogP contribution in [0.5, 0.6) is 0 Å². The van der Waals surface area contributed by atoms with Crippen molar-refractivity contribution in [3.05, 3.63) is 48.4 Å². The molecular formula is C20H26N6O. The second-order valence-corrected chi connectivity index (χ2v) is 7.16. The number of hydrogen-bond acceptors (Lipinski definition) is 6. The van der Waals surface area contributed by atoms with Crippen LogP contribution in [0.25, 0.3) is 0 Å². The van der Waals surface area contributed by atoms with Gasteiger partial charge in [-0.2, -0.15) is 0 Å². The van der Waals surface area contributed by atoms with Gasteiger partial charge in [-0.3, -0.25) is 4.79 Å². The van der Waals surface area contributed by atoms with Gasteiger partial charge in [-0.1, -0.05) is 18.2 Å². The van der Waals surface area contributed by atoms with Gasteiger partial charge in [0.15, 0.2) is 0 Å². The van der Waals surface area contributed by atoms with E-state index in [0.717, 1.165) is 45.1 Å². The van der Waals surface area contributed by atoms with Gasteiger partial charge in [0.05, 0.1) is 12.4 Å². The van der Waals surface area contributed by atoms with Crippen LogP contribution in [0, 0.1) is 0 Å². The summed E-state index contributed by atoms with van der Waals surface area (Å²) in [7, 11) is 2.13. The first-order valence-electron chi connectivity index (χ1n) is 9.55. The topological polar surface area (TPSA) is 55.8 Å². The zero-order valence-corrected chi connectivity index (χ0v) is 15.8. The Kier molecular flexibility index (Phi) is 5.20. The molecule has 4 rings (SSSR count). The van der Waals surface area contributed by atoms with E-state index in [-0.39, 0.29) is 5.91 Å². The largest absolute Gasteiger partial charge is 0.368 e. The highest BCUT2D eigenvalue weighted by molar-refractivity contribution is 5.92. The summed E-state index contributed by atoms with van der Waals surface area (Å²) in [4.78, 5) is 30.4. The maximum absolute atomic E-state index is 12.8. The zero-order chi connectivity index (χ0) is 18.6. The number of likely N-dealkylation sites (N-methyl/N-ethyl adjacent to an activating group) is 1. The van der Waals surface area contributed by atoms with Crippen molar-refractivity contribution >= 4 is 17.4 Å². The molecule has 1 aromatic heterocycles. The number of para-hydroxylation sites is 1. The van der Waals surface area contributed by atoms with Crippen LogP contribution in [-0.2, 0) is 0 Å². The molecule has 0 unspecified atom stereocenters. The van der Waals surface area contributed by atoms with Gasteiger partial charge in [0.1, 0.15) is 11.5 Å². The Balaban J connectivity index is 1.35. The monoisotopic (exact) mass is 366 g/mol. The molecule has 1 amide bonds. The van der Waals surface area contributed by atoms with Crippen molar-refractivity contribution in [3.63, 3.8) is 0 Å². The number of piperazine rings is 2. The fraction of sp³-hybridized carbons (Fsp3) is 0.450. The van der Waals surface area contributed by atoms with Crippen LogP contribution < -0.4 is 9.80 Å². The molecular weight excluding hydrogens is 340 g/mol. The van der Waals surface area contributed by atoms with Gasteiger partial charge in [0.2, 0.25) is 0 Å². The number of rotatable bonds is 3. The maximum Gasteiger partial charge on any atom is 0.274 e. The van der Waals surface area contributed by atoms with Crippen molar-refractivity contribution in [1.29, 1.82) is 0 Å². The van der Waals surface area contributed by atoms with Gasteiger partial charge >= 0.3 is 0 Å². The fourth-order valence-corrected chi connectivity index (χ4v) is 3.60. The van der Waals surface area contributed by atoms with Crippen molar-refractivity contribution in [2.45, 2.75) is 0 Å². The van der Waals surface area contributed by atoms with Crippen LogP contribution in [0.2, 0.25) is 0 Å². The molecule has 7 heteroatoms. The maximum atomic E-state index is 12.8. The molecule has 2 aliphatic heterocycles. The van der Waals surface area contributed by atoms with E-state index in [2.05, 4.69) is 43.8 Å². The molecule has 0 radical (unpaired) electrons. The third-order valence-corrected chi connectivity index (χ3v) is 5.37. The van der Waals surface area contributed by atoms with Crippen molar-refractivity contribution in [3.8, 4) is 0 Å². The lowest BCUT2D eigenvalue weighted by atomic mass is 10.2. The highest BCUT2D eigenvalue weighted by atomic mass is 16.2. The third kappa shape index (κ3) is 4.03. The number of anilines is 2. The minimum atomic E-state index is -0.0276. The normalized spacial score (nSPS) is 18.6. The van der Waals surface area contributed by atoms with Gasteiger partial charge in [-0.15, -0.1) is 0 Å². The Morgan fingerprint density at radius 2 is 1.48 bits per heavy atom. The average molecular weight is 366 g/mol. The highest BCUT2D eigenvalue weighted by Gasteiger charge is 2.24. The Hall–Kier alpha value is -2.67. The number of carbonyl (C=O) groups is 1. The van der Waals surface area contributed by atoms with Crippen LogP contribution in [0.15, 0.2) is 42.7 Å². The predicted molar refractivity (Wildman–Crippen MR) is 106 cm³/mol. The molecule has 3 heterocycles. The molecule has 27 heavy (non-hydrogen) atoms. The smallest absolute Gasteiger partial charge is 0.274 e. The van der Waals surface area contributed by atoms with Crippen molar-refractivity contribution in [1.82, 2.24) is 19.8 Å². The summed E-state index contributed by atoms with van der Waals surface area (Å²) in [5.41, 5.74) is 1.64. The van der Waals surface area contributed by atoms with Crippen LogP contribution in [0.3, 0.4) is 0 Å². The first-order valence-corrected chi connectivity index (χ1v) is 9.55. The van der Waals surface area contributed by atoms with Crippen molar-refractivity contribution < 1.29 is 4.79 Å². The van der Waals surface area contributed by atoms with E-state index < -0.39 is 0 Å². The van der Waals surface area contributed by atoms with E-state index in [1.807, 2.05) is 23.1 Å². The molecule has 2 saturated heterocycles. The average Bonchev–Trinajstić information content (AvgIpc) is 2.75. The molecule has 1 aromatic carbocycles. The summed E-state index contributed by atoms with van der Waals surface area (Å²) >= 11 is 0. The molecule has 2 fully saturated rings. The molecule has 0 saturated carbocycles. The summed E-state index contributed by atoms with van der Waals surface area (Å²) in [5.74, 6) is 0.827. The van der Waals surface area contributed by atoms with E-state index in [1.54, 1.807) is 12.4 Å². The number of hydrogen-bond donors (Lipinski definition) is 0. The van der Waals surface area contributed by atoms with Crippen molar-refractivity contribution in [2.75, 3.05) is 69.2 Å². The Bertz CT molecular complexity index is 750. The molecule has 0 bridgehead atoms. The van der Waals surface area contributed by atoms with E-state index in [4.69, 9.17) is 0 Å². The van der Waals surface area contributed by atoms with Gasteiger partial charge in [0.25, 0.3) is 5.91 Å². The van der Waals surface area contributed by atoms with Crippen LogP contribution in [0.1, 0.15) is 10.5 Å². The number of benzene rings is 1. The SMILES string of the molecule is CN1CCN(c2cnc(C(=O)N3CCN(c4ccccc4)CC3)cn2)CC1. The second kappa shape index (κ2) is 7.92. The van der Waals surface area contributed by atoms with E-state index in [1.165, 1.54) is 5.69 Å². The molecule has 0 aliphatic carbocycles. The summed E-state index contributed by atoms with van der Waals surface area (Å²) in [6.45, 7) is 7.01. The summed E-state index contributed by atoms with van der Waals surface area (Å²) in [6.07, 6.45) is 3.36. The van der Waals surface area contributed by atoms with Crippen molar-refractivity contribution in [2.24, 2.45) is 0 Å². The molecule has 0 atom stereocenters. The van der Waals surface area contributed by atoms with Gasteiger partial charge < -0.3 is 19.6 Å². The summed E-state index contributed by atoms with van der Waals surface area (Å²) in [5, 5.41) is 0. The third-order valence-electron chi connectivity index (χ3n) is 5.37. The lowest BCUT2D eigenvalue weighted by Gasteiger charge is -2.36. The summed E-state index contributed by atoms with van der Waals surface area (Å²) < 4.78 is 0. The fourth-order valence-electron chi connectivity index (χ4n) is 3.60. The van der Waals surface area contributed by atoms with Crippen LogP contribution in [0.4, 0.5) is 11.5 Å². The molecule has 7 nitrogen and oxygen atoms in total. The molecule has 2 aromatic rings. The first-order chi connectivity index (χ1) is 13.2. The Labute approximate surface area is 160 Å². The van der Waals surface area contributed by atoms with E-state index >= 15 is 0 Å². The van der Waals surface area contributed by atoms with Crippen LogP contribution >= 0.6 is 0 Å².